The number of hydrogen-bond acceptors (Lipinski definition) is 11. The smallest absolute Gasteiger partial charge is 0.335 e. The van der Waals surface area contributed by atoms with E-state index in [1.807, 2.05) is 24.3 Å². The van der Waals surface area contributed by atoms with E-state index < -0.39 is 67.3 Å². The van der Waals surface area contributed by atoms with Gasteiger partial charge >= 0.3 is 23.9 Å². The highest BCUT2D eigenvalue weighted by atomic mass is 16.7. The van der Waals surface area contributed by atoms with E-state index in [0.717, 1.165) is 116 Å². The zero-order valence-electron chi connectivity index (χ0n) is 50.6. The van der Waals surface area contributed by atoms with Crippen LogP contribution in [0.1, 0.15) is 188 Å². The van der Waals surface area contributed by atoms with E-state index in [1.165, 1.54) is 0 Å². The Labute approximate surface area is 500 Å². The number of carbonyl (C=O) groups excluding carboxylic acids is 3. The van der Waals surface area contributed by atoms with Crippen LogP contribution in [0, 0.1) is 0 Å². The van der Waals surface area contributed by atoms with Crippen LogP contribution < -0.4 is 0 Å². The third-order valence-corrected chi connectivity index (χ3v) is 12.5. The van der Waals surface area contributed by atoms with Crippen molar-refractivity contribution in [3.63, 3.8) is 0 Å². The van der Waals surface area contributed by atoms with E-state index in [0.29, 0.717) is 32.1 Å². The first kappa shape index (κ1) is 74.8. The highest BCUT2D eigenvalue weighted by Crippen LogP contribution is 2.26. The lowest BCUT2D eigenvalue weighted by atomic mass is 9.98. The quantitative estimate of drug-likeness (QED) is 0.0228. The largest absolute Gasteiger partial charge is 0.479 e. The van der Waals surface area contributed by atoms with Gasteiger partial charge in [-0.25, -0.2) is 4.79 Å². The molecule has 1 heterocycles. The minimum atomic E-state index is -1.95. The molecule has 0 aromatic carbocycles. The highest BCUT2D eigenvalue weighted by Gasteiger charge is 2.50. The molecule has 0 saturated carbocycles. The molecule has 12 nitrogen and oxygen atoms in total. The van der Waals surface area contributed by atoms with Crippen LogP contribution in [0.5, 0.6) is 0 Å². The van der Waals surface area contributed by atoms with Gasteiger partial charge < -0.3 is 39.0 Å². The molecule has 3 N–H and O–H groups in total. The second-order valence-electron chi connectivity index (χ2n) is 19.8. The predicted molar refractivity (Wildman–Crippen MR) is 339 cm³/mol. The second-order valence-corrected chi connectivity index (χ2v) is 19.8. The van der Waals surface area contributed by atoms with Crippen LogP contribution in [-0.2, 0) is 42.9 Å². The molecule has 0 radical (unpaired) electrons. The van der Waals surface area contributed by atoms with E-state index >= 15 is 0 Å². The summed E-state index contributed by atoms with van der Waals surface area (Å²) in [6, 6.07) is 0. The number of unbranched alkanes of at least 4 members (excludes halogenated alkanes) is 5. The molecule has 1 aliphatic heterocycles. The molecule has 0 aromatic rings. The molecule has 0 aliphatic carbocycles. The van der Waals surface area contributed by atoms with Crippen molar-refractivity contribution in [3.8, 4) is 0 Å². The zero-order chi connectivity index (χ0) is 60.3. The van der Waals surface area contributed by atoms with E-state index in [-0.39, 0.29) is 25.9 Å². The summed E-state index contributed by atoms with van der Waals surface area (Å²) in [7, 11) is 0. The van der Waals surface area contributed by atoms with Gasteiger partial charge in [-0.05, 0) is 135 Å². The standard InChI is InChI=1S/C71H104O12/c1-4-7-10-13-16-19-22-25-28-31-32-35-36-39-42-45-48-51-54-57-63(72)79-60-62(81-64(73)58-55-52-49-46-43-40-37-33-29-26-23-20-17-14-11-8-5-2)61-80-71-69(67(76)66(75)68(83-71)70(77)78)82-65(74)59-56-53-50-47-44-41-38-34-30-27-24-21-18-15-12-9-6-3/h7-12,16-21,25-30,32,35,37-42,47-48,50-51,62,66-69,71,75-76H,4-6,13-15,22-24,31,33-34,36,43-46,49,52-61H2,1-3H3,(H,77,78)/b10-7-,11-8-,12-9-,19-16-,20-17-,21-18-,28-25-,29-26-,30-27-,35-32-,40-37-,41-38-,42-39-,50-47-,51-48-. The number of carboxylic acids is 1. The van der Waals surface area contributed by atoms with Crippen LogP contribution >= 0.6 is 0 Å². The number of aliphatic carboxylic acids is 1. The van der Waals surface area contributed by atoms with Crippen molar-refractivity contribution < 1.29 is 58.2 Å². The Morgan fingerprint density at radius 3 is 1.17 bits per heavy atom. The van der Waals surface area contributed by atoms with Gasteiger partial charge in [-0.2, -0.15) is 0 Å². The average Bonchev–Trinajstić information content (AvgIpc) is 3.59. The molecule has 1 fully saturated rings. The maximum Gasteiger partial charge on any atom is 0.335 e. The lowest BCUT2D eigenvalue weighted by molar-refractivity contribution is -0.301. The minimum absolute atomic E-state index is 0.0398. The molecule has 12 heteroatoms. The van der Waals surface area contributed by atoms with Crippen LogP contribution in [0.2, 0.25) is 0 Å². The Balaban J connectivity index is 2.80. The molecule has 1 aliphatic rings. The van der Waals surface area contributed by atoms with Gasteiger partial charge in [0.1, 0.15) is 18.8 Å². The highest BCUT2D eigenvalue weighted by molar-refractivity contribution is 5.74. The molecule has 460 valence electrons. The molecule has 6 unspecified atom stereocenters. The van der Waals surface area contributed by atoms with Gasteiger partial charge in [0.25, 0.3) is 0 Å². The molecule has 0 aromatic heterocycles. The van der Waals surface area contributed by atoms with Crippen molar-refractivity contribution in [1.82, 2.24) is 0 Å². The fourth-order valence-corrected chi connectivity index (χ4v) is 7.89. The van der Waals surface area contributed by atoms with Crippen molar-refractivity contribution in [1.29, 1.82) is 0 Å². The number of esters is 3. The summed E-state index contributed by atoms with van der Waals surface area (Å²) in [6.45, 7) is 5.52. The normalized spacial score (nSPS) is 18.9. The van der Waals surface area contributed by atoms with E-state index in [1.54, 1.807) is 0 Å². The van der Waals surface area contributed by atoms with E-state index in [9.17, 15) is 34.5 Å². The van der Waals surface area contributed by atoms with Gasteiger partial charge in [0.05, 0.1) is 6.61 Å². The first-order valence-corrected chi connectivity index (χ1v) is 30.8. The van der Waals surface area contributed by atoms with Crippen LogP contribution in [0.15, 0.2) is 182 Å². The van der Waals surface area contributed by atoms with Gasteiger partial charge in [0, 0.05) is 19.3 Å². The van der Waals surface area contributed by atoms with Gasteiger partial charge in [0.2, 0.25) is 0 Å². The summed E-state index contributed by atoms with van der Waals surface area (Å²) in [5.41, 5.74) is 0. The molecule has 1 rings (SSSR count). The Kier molecular flexibility index (Phi) is 50.8. The second kappa shape index (κ2) is 56.3. The Hall–Kier alpha value is -6.18. The van der Waals surface area contributed by atoms with Gasteiger partial charge in [-0.15, -0.1) is 0 Å². The Bertz CT molecular complexity index is 2140. The summed E-state index contributed by atoms with van der Waals surface area (Å²) < 4.78 is 28.3. The molecule has 6 atom stereocenters. The molecule has 83 heavy (non-hydrogen) atoms. The number of carboxylic acid groups (broad SMARTS) is 1. The summed E-state index contributed by atoms with van der Waals surface area (Å²) in [6.07, 6.45) is 73.0. The van der Waals surface area contributed by atoms with Crippen molar-refractivity contribution in [2.45, 2.75) is 225 Å². The molecule has 0 amide bonds. The first-order chi connectivity index (χ1) is 40.6. The van der Waals surface area contributed by atoms with E-state index in [4.69, 9.17) is 23.7 Å². The zero-order valence-corrected chi connectivity index (χ0v) is 50.6. The summed E-state index contributed by atoms with van der Waals surface area (Å²) in [5.74, 6) is -3.38. The Morgan fingerprint density at radius 2 is 0.759 bits per heavy atom. The number of ether oxygens (including phenoxy) is 5. The fraction of sp³-hybridized carbons (Fsp3) is 0.521. The van der Waals surface area contributed by atoms with Gasteiger partial charge in [-0.3, -0.25) is 14.4 Å². The van der Waals surface area contributed by atoms with Gasteiger partial charge in [-0.1, -0.05) is 216 Å². The number of allylic oxidation sites excluding steroid dienone is 30. The number of aliphatic hydroxyl groups excluding tert-OH is 2. The molecule has 0 spiro atoms. The maximum absolute atomic E-state index is 13.2. The van der Waals surface area contributed by atoms with Gasteiger partial charge in [0.15, 0.2) is 24.6 Å². The SMILES string of the molecule is CC/C=C\C/C=C\C/C=C\C/C=C\C/C=C\C/C=C\CCC(=O)OCC(COC1OC(C(=O)O)C(O)C(O)C1OC(=O)CCC/C=C\C/C=C\C/C=C\C/C=C\C/C=C\CC)OC(=O)CCCCCC/C=C\C/C=C\C/C=C\C/C=C\CC. The third-order valence-electron chi connectivity index (χ3n) is 12.5. The fourth-order valence-electron chi connectivity index (χ4n) is 7.89. The van der Waals surface area contributed by atoms with Crippen molar-refractivity contribution >= 4 is 23.9 Å². The first-order valence-electron chi connectivity index (χ1n) is 30.8. The number of carbonyl (C=O) groups is 4. The van der Waals surface area contributed by atoms with Crippen LogP contribution in [-0.4, -0.2) is 89.2 Å². The topological polar surface area (TPSA) is 175 Å². The number of hydrogen-bond donors (Lipinski definition) is 3. The van der Waals surface area contributed by atoms with Crippen LogP contribution in [0.25, 0.3) is 0 Å². The molecular weight excluding hydrogens is 1040 g/mol. The Morgan fingerprint density at radius 1 is 0.398 bits per heavy atom. The average molecular weight is 1150 g/mol. The monoisotopic (exact) mass is 1150 g/mol. The van der Waals surface area contributed by atoms with Crippen LogP contribution in [0.4, 0.5) is 0 Å². The number of rotatable bonds is 49. The number of aliphatic hydroxyl groups is 2. The van der Waals surface area contributed by atoms with Crippen LogP contribution in [0.3, 0.4) is 0 Å². The predicted octanol–water partition coefficient (Wildman–Crippen LogP) is 16.4. The molecule has 1 saturated heterocycles. The van der Waals surface area contributed by atoms with Crippen molar-refractivity contribution in [3.05, 3.63) is 182 Å². The summed E-state index contributed by atoms with van der Waals surface area (Å²) in [5, 5.41) is 31.5. The molecule has 0 bridgehead atoms. The maximum atomic E-state index is 13.2. The van der Waals surface area contributed by atoms with Crippen molar-refractivity contribution in [2.75, 3.05) is 13.2 Å². The lowest BCUT2D eigenvalue weighted by Gasteiger charge is -2.40. The minimum Gasteiger partial charge on any atom is -0.479 e. The molecular formula is C71H104O12. The third kappa shape index (κ3) is 46.0. The summed E-state index contributed by atoms with van der Waals surface area (Å²) in [4.78, 5) is 51.2. The van der Waals surface area contributed by atoms with Crippen molar-refractivity contribution in [2.24, 2.45) is 0 Å². The summed E-state index contributed by atoms with van der Waals surface area (Å²) >= 11 is 0. The van der Waals surface area contributed by atoms with E-state index in [2.05, 4.69) is 179 Å². The lowest BCUT2D eigenvalue weighted by Crippen LogP contribution is -2.61.